The van der Waals surface area contributed by atoms with Crippen LogP contribution in [0.5, 0.6) is 0 Å². The van der Waals surface area contributed by atoms with Gasteiger partial charge in [0.05, 0.1) is 12.2 Å². The Kier molecular flexibility index (Phi) is 5.96. The standard InChI is InChI=1S/C19H28N4O3/c1-3-26-19(25)23-12-10-22(11-13-23)18(24)16-4-5-17(20-14-16)21-8-6-15(2)7-9-21/h4-5,14-15H,3,6-13H2,1-2H3. The third-order valence-electron chi connectivity index (χ3n) is 5.20. The van der Waals surface area contributed by atoms with Crippen LogP contribution in [0.15, 0.2) is 18.3 Å². The quantitative estimate of drug-likeness (QED) is 0.827. The third kappa shape index (κ3) is 4.26. The number of ether oxygens (including phenoxy) is 1. The minimum atomic E-state index is -0.304. The maximum atomic E-state index is 12.7. The molecule has 7 nitrogen and oxygen atoms in total. The highest BCUT2D eigenvalue weighted by Gasteiger charge is 2.26. The Bertz CT molecular complexity index is 618. The molecule has 0 aliphatic carbocycles. The number of anilines is 1. The summed E-state index contributed by atoms with van der Waals surface area (Å²) in [6, 6.07) is 3.80. The minimum Gasteiger partial charge on any atom is -0.450 e. The van der Waals surface area contributed by atoms with Crippen molar-refractivity contribution in [3.05, 3.63) is 23.9 Å². The van der Waals surface area contributed by atoms with E-state index >= 15 is 0 Å². The van der Waals surface area contributed by atoms with Crippen LogP contribution in [0.25, 0.3) is 0 Å². The number of piperazine rings is 1. The number of hydrogen-bond acceptors (Lipinski definition) is 5. The van der Waals surface area contributed by atoms with Crippen LogP contribution in [0.1, 0.15) is 37.0 Å². The summed E-state index contributed by atoms with van der Waals surface area (Å²) in [6.07, 6.45) is 3.75. The van der Waals surface area contributed by atoms with Gasteiger partial charge in [-0.3, -0.25) is 4.79 Å². The van der Waals surface area contributed by atoms with E-state index in [1.54, 1.807) is 22.9 Å². The molecule has 3 rings (SSSR count). The number of carbonyl (C=O) groups is 2. The van der Waals surface area contributed by atoms with Crippen molar-refractivity contribution >= 4 is 17.8 Å². The Morgan fingerprint density at radius 3 is 2.31 bits per heavy atom. The second kappa shape index (κ2) is 8.38. The Labute approximate surface area is 154 Å². The first-order chi connectivity index (χ1) is 12.6. The second-order valence-electron chi connectivity index (χ2n) is 7.05. The van der Waals surface area contributed by atoms with Gasteiger partial charge in [-0.2, -0.15) is 0 Å². The molecule has 2 aliphatic heterocycles. The van der Waals surface area contributed by atoms with Crippen LogP contribution in [0, 0.1) is 5.92 Å². The highest BCUT2D eigenvalue weighted by Crippen LogP contribution is 2.21. The lowest BCUT2D eigenvalue weighted by Crippen LogP contribution is -2.50. The summed E-state index contributed by atoms with van der Waals surface area (Å²) in [5.74, 6) is 1.70. The molecule has 1 aromatic heterocycles. The van der Waals surface area contributed by atoms with E-state index in [1.807, 2.05) is 12.1 Å². The molecular weight excluding hydrogens is 332 g/mol. The van der Waals surface area contributed by atoms with E-state index in [-0.39, 0.29) is 12.0 Å². The molecule has 142 valence electrons. The van der Waals surface area contributed by atoms with E-state index < -0.39 is 0 Å². The molecule has 0 aromatic carbocycles. The number of aromatic nitrogens is 1. The van der Waals surface area contributed by atoms with Gasteiger partial charge in [-0.25, -0.2) is 9.78 Å². The normalized spacial score (nSPS) is 18.8. The summed E-state index contributed by atoms with van der Waals surface area (Å²) >= 11 is 0. The van der Waals surface area contributed by atoms with E-state index in [4.69, 9.17) is 4.74 Å². The van der Waals surface area contributed by atoms with Crippen molar-refractivity contribution in [1.29, 1.82) is 0 Å². The molecule has 7 heteroatoms. The van der Waals surface area contributed by atoms with Gasteiger partial charge < -0.3 is 19.4 Å². The summed E-state index contributed by atoms with van der Waals surface area (Å²) in [5, 5.41) is 0. The molecule has 2 saturated heterocycles. The summed E-state index contributed by atoms with van der Waals surface area (Å²) in [4.78, 5) is 34.6. The van der Waals surface area contributed by atoms with E-state index in [2.05, 4.69) is 16.8 Å². The zero-order valence-corrected chi connectivity index (χ0v) is 15.7. The van der Waals surface area contributed by atoms with Crippen LogP contribution in [0.2, 0.25) is 0 Å². The number of pyridine rings is 1. The molecule has 0 radical (unpaired) electrons. The van der Waals surface area contributed by atoms with Gasteiger partial charge in [0.25, 0.3) is 5.91 Å². The maximum absolute atomic E-state index is 12.7. The average Bonchev–Trinajstić information content (AvgIpc) is 2.68. The third-order valence-corrected chi connectivity index (χ3v) is 5.20. The van der Waals surface area contributed by atoms with Crippen LogP contribution in [-0.4, -0.2) is 72.7 Å². The van der Waals surface area contributed by atoms with Crippen molar-refractivity contribution in [3.8, 4) is 0 Å². The van der Waals surface area contributed by atoms with Crippen molar-refractivity contribution in [2.24, 2.45) is 5.92 Å². The lowest BCUT2D eigenvalue weighted by atomic mass is 9.99. The van der Waals surface area contributed by atoms with Crippen LogP contribution in [-0.2, 0) is 4.74 Å². The number of rotatable bonds is 3. The first-order valence-corrected chi connectivity index (χ1v) is 9.50. The van der Waals surface area contributed by atoms with Gasteiger partial charge in [-0.05, 0) is 37.8 Å². The monoisotopic (exact) mass is 360 g/mol. The van der Waals surface area contributed by atoms with Gasteiger partial charge in [-0.15, -0.1) is 0 Å². The predicted molar refractivity (Wildman–Crippen MR) is 99.3 cm³/mol. The molecule has 2 amide bonds. The molecule has 0 bridgehead atoms. The highest BCUT2D eigenvalue weighted by molar-refractivity contribution is 5.94. The molecule has 2 aliphatic rings. The van der Waals surface area contributed by atoms with Crippen LogP contribution >= 0.6 is 0 Å². The molecule has 2 fully saturated rings. The van der Waals surface area contributed by atoms with Gasteiger partial charge >= 0.3 is 6.09 Å². The van der Waals surface area contributed by atoms with Crippen molar-refractivity contribution in [2.75, 3.05) is 50.8 Å². The highest BCUT2D eigenvalue weighted by atomic mass is 16.6. The fourth-order valence-corrected chi connectivity index (χ4v) is 3.43. The summed E-state index contributed by atoms with van der Waals surface area (Å²) in [7, 11) is 0. The first-order valence-electron chi connectivity index (χ1n) is 9.50. The number of nitrogens with zero attached hydrogens (tertiary/aromatic N) is 4. The van der Waals surface area contributed by atoms with Gasteiger partial charge in [-0.1, -0.05) is 6.92 Å². The van der Waals surface area contributed by atoms with E-state index in [0.29, 0.717) is 38.3 Å². The molecule has 0 atom stereocenters. The number of hydrogen-bond donors (Lipinski definition) is 0. The van der Waals surface area contributed by atoms with Crippen molar-refractivity contribution in [3.63, 3.8) is 0 Å². The predicted octanol–water partition coefficient (Wildman–Crippen LogP) is 2.23. The van der Waals surface area contributed by atoms with Gasteiger partial charge in [0.1, 0.15) is 5.82 Å². The minimum absolute atomic E-state index is 0.0279. The number of carbonyl (C=O) groups excluding carboxylic acids is 2. The SMILES string of the molecule is CCOC(=O)N1CCN(C(=O)c2ccc(N3CCC(C)CC3)nc2)CC1. The molecule has 26 heavy (non-hydrogen) atoms. The largest absolute Gasteiger partial charge is 0.450 e. The molecule has 0 N–H and O–H groups in total. The van der Waals surface area contributed by atoms with E-state index in [1.165, 1.54) is 12.8 Å². The number of piperidine rings is 1. The Hall–Kier alpha value is -2.31. The fourth-order valence-electron chi connectivity index (χ4n) is 3.43. The maximum Gasteiger partial charge on any atom is 0.409 e. The Balaban J connectivity index is 1.55. The van der Waals surface area contributed by atoms with Crippen molar-refractivity contribution in [1.82, 2.24) is 14.8 Å². The molecule has 0 saturated carbocycles. The van der Waals surface area contributed by atoms with E-state index in [9.17, 15) is 9.59 Å². The van der Waals surface area contributed by atoms with Crippen LogP contribution in [0.4, 0.5) is 10.6 Å². The zero-order chi connectivity index (χ0) is 18.5. The van der Waals surface area contributed by atoms with Gasteiger partial charge in [0.2, 0.25) is 0 Å². The topological polar surface area (TPSA) is 66.0 Å². The van der Waals surface area contributed by atoms with Crippen molar-refractivity contribution in [2.45, 2.75) is 26.7 Å². The first kappa shape index (κ1) is 18.5. The summed E-state index contributed by atoms with van der Waals surface area (Å²) < 4.78 is 5.01. The van der Waals surface area contributed by atoms with Crippen LogP contribution < -0.4 is 4.90 Å². The average molecular weight is 360 g/mol. The lowest BCUT2D eigenvalue weighted by Gasteiger charge is -2.34. The molecular formula is C19H28N4O3. The summed E-state index contributed by atoms with van der Waals surface area (Å²) in [6.45, 7) is 8.53. The summed E-state index contributed by atoms with van der Waals surface area (Å²) in [5.41, 5.74) is 0.601. The van der Waals surface area contributed by atoms with Crippen LogP contribution in [0.3, 0.4) is 0 Å². The van der Waals surface area contributed by atoms with Gasteiger partial charge in [0, 0.05) is 45.5 Å². The number of amides is 2. The molecule has 1 aromatic rings. The molecule has 0 unspecified atom stereocenters. The molecule has 0 spiro atoms. The molecule has 3 heterocycles. The lowest BCUT2D eigenvalue weighted by molar-refractivity contribution is 0.0570. The Morgan fingerprint density at radius 1 is 1.08 bits per heavy atom. The van der Waals surface area contributed by atoms with Crippen molar-refractivity contribution < 1.29 is 14.3 Å². The Morgan fingerprint density at radius 2 is 1.73 bits per heavy atom. The smallest absolute Gasteiger partial charge is 0.409 e. The van der Waals surface area contributed by atoms with Gasteiger partial charge in [0.15, 0.2) is 0 Å². The van der Waals surface area contributed by atoms with E-state index in [0.717, 1.165) is 24.8 Å². The second-order valence-corrected chi connectivity index (χ2v) is 7.05. The zero-order valence-electron chi connectivity index (χ0n) is 15.7. The fraction of sp³-hybridized carbons (Fsp3) is 0.632.